The maximum atomic E-state index is 13.0. The van der Waals surface area contributed by atoms with Crippen LogP contribution in [0, 0.1) is 0 Å². The number of allylic oxidation sites excluding steroid dienone is 22. The van der Waals surface area contributed by atoms with Crippen molar-refractivity contribution in [2.75, 3.05) is 39.6 Å². The predicted molar refractivity (Wildman–Crippen MR) is 491 cm³/mol. The molecule has 0 aromatic heterocycles. The van der Waals surface area contributed by atoms with Gasteiger partial charge >= 0.3 is 33.6 Å². The molecule has 0 amide bonds. The molecule has 0 heterocycles. The fourth-order valence-corrected chi connectivity index (χ4v) is 14.7. The summed E-state index contributed by atoms with van der Waals surface area (Å²) in [7, 11) is -9.79. The van der Waals surface area contributed by atoms with Gasteiger partial charge in [0.05, 0.1) is 26.4 Å². The molecule has 16 nitrogen and oxygen atoms in total. The van der Waals surface area contributed by atoms with Crippen molar-refractivity contribution in [1.29, 1.82) is 0 Å². The first-order chi connectivity index (χ1) is 57.2. The zero-order valence-corrected chi connectivity index (χ0v) is 76.4. The Morgan fingerprint density at radius 3 is 0.752 bits per heavy atom. The van der Waals surface area contributed by atoms with Gasteiger partial charge in [0, 0.05) is 19.3 Å². The number of carbonyl (C=O) groups excluding carboxylic acids is 3. The number of hydrogen-bond donors (Lipinski definition) is 4. The van der Waals surface area contributed by atoms with Crippen LogP contribution in [-0.2, 0) is 55.8 Å². The van der Waals surface area contributed by atoms with Gasteiger partial charge in [-0.2, -0.15) is 0 Å². The highest BCUT2D eigenvalue weighted by molar-refractivity contribution is 7.47. The van der Waals surface area contributed by atoms with E-state index >= 15 is 0 Å². The van der Waals surface area contributed by atoms with Gasteiger partial charge in [-0.25, -0.2) is 9.13 Å². The second-order valence-electron chi connectivity index (χ2n) is 31.8. The Balaban J connectivity index is 4.30. The largest absolute Gasteiger partial charge is 0.472 e. The first kappa shape index (κ1) is 113. The lowest BCUT2D eigenvalue weighted by atomic mass is 10.0. The van der Waals surface area contributed by atoms with E-state index in [0.717, 1.165) is 135 Å². The van der Waals surface area contributed by atoms with Gasteiger partial charge in [0.2, 0.25) is 0 Å². The average molecular weight is 1680 g/mol. The molecule has 0 saturated carbocycles. The number of esters is 3. The normalized spacial score (nSPS) is 14.4. The summed E-state index contributed by atoms with van der Waals surface area (Å²) >= 11 is 0. The molecule has 0 aliphatic rings. The van der Waals surface area contributed by atoms with E-state index in [9.17, 15) is 43.5 Å². The van der Waals surface area contributed by atoms with Crippen LogP contribution in [0.5, 0.6) is 0 Å². The number of ether oxygens (including phenoxy) is 3. The van der Waals surface area contributed by atoms with Crippen LogP contribution in [0.25, 0.3) is 0 Å². The van der Waals surface area contributed by atoms with E-state index < -0.39 is 91.5 Å². The molecule has 0 bridgehead atoms. The van der Waals surface area contributed by atoms with Gasteiger partial charge < -0.3 is 34.2 Å². The number of carbonyl (C=O) groups is 3. The third kappa shape index (κ3) is 92.3. The highest BCUT2D eigenvalue weighted by Crippen LogP contribution is 2.45. The predicted octanol–water partition coefficient (Wildman–Crippen LogP) is 29.3. The summed E-state index contributed by atoms with van der Waals surface area (Å²) in [6, 6.07) is 0. The minimum Gasteiger partial charge on any atom is -0.463 e. The Labute approximate surface area is 715 Å². The first-order valence-electron chi connectivity index (χ1n) is 47.5. The fraction of sp³-hybridized carbons (Fsp3) is 0.747. The average Bonchev–Trinajstić information content (AvgIpc) is 0.920. The fourth-order valence-electron chi connectivity index (χ4n) is 13.1. The van der Waals surface area contributed by atoms with Crippen LogP contribution in [0.2, 0.25) is 0 Å². The third-order valence-corrected chi connectivity index (χ3v) is 22.2. The molecular weight excluding hydrogens is 1510 g/mol. The molecule has 0 aliphatic heterocycles. The molecule has 4 N–H and O–H groups in total. The Kier molecular flexibility index (Phi) is 87.6. The number of phosphoric ester groups is 2. The molecule has 5 atom stereocenters. The molecule has 0 radical (unpaired) electrons. The van der Waals surface area contributed by atoms with Gasteiger partial charge in [-0.1, -0.05) is 398 Å². The van der Waals surface area contributed by atoms with Gasteiger partial charge in [0.25, 0.3) is 0 Å². The quantitative estimate of drug-likeness (QED) is 0.0146. The summed E-state index contributed by atoms with van der Waals surface area (Å²) < 4.78 is 61.3. The van der Waals surface area contributed by atoms with Crippen molar-refractivity contribution in [2.24, 2.45) is 0 Å². The molecular formula is C99H174O16P2. The molecule has 18 heteroatoms. The molecule has 0 aliphatic carbocycles. The molecule has 0 spiro atoms. The molecule has 5 unspecified atom stereocenters. The van der Waals surface area contributed by atoms with Crippen LogP contribution in [0.3, 0.4) is 0 Å². The van der Waals surface area contributed by atoms with Gasteiger partial charge in [-0.15, -0.1) is 0 Å². The molecule has 0 rings (SSSR count). The van der Waals surface area contributed by atoms with Gasteiger partial charge in [-0.3, -0.25) is 32.5 Å². The van der Waals surface area contributed by atoms with Crippen molar-refractivity contribution >= 4 is 33.6 Å². The second kappa shape index (κ2) is 90.9. The lowest BCUT2D eigenvalue weighted by Crippen LogP contribution is -2.30. The maximum absolute atomic E-state index is 13.0. The highest BCUT2D eigenvalue weighted by Gasteiger charge is 2.30. The Morgan fingerprint density at radius 2 is 0.462 bits per heavy atom. The monoisotopic (exact) mass is 1680 g/mol. The smallest absolute Gasteiger partial charge is 0.463 e. The van der Waals surface area contributed by atoms with Gasteiger partial charge in [0.15, 0.2) is 6.10 Å². The molecule has 0 aromatic rings. The summed E-state index contributed by atoms with van der Waals surface area (Å²) in [5, 5.41) is 20.7. The summed E-state index contributed by atoms with van der Waals surface area (Å²) in [6.07, 6.45) is 114. The van der Waals surface area contributed by atoms with Crippen molar-refractivity contribution in [3.05, 3.63) is 134 Å². The zero-order chi connectivity index (χ0) is 85.1. The van der Waals surface area contributed by atoms with Crippen LogP contribution >= 0.6 is 15.6 Å². The van der Waals surface area contributed by atoms with Crippen molar-refractivity contribution in [2.45, 2.75) is 437 Å². The SMILES string of the molecule is CC/C=C\C/C=C\C/C=C\C/C=C\C/C=C\C/C=C\CCCCCCCCCCCCCCCCCCC(=O)OCC(O)COP(=O)(O)OCC(O)COP(=O)(O)OCC(COC(=O)CCCCCCCCCCCCCCCCCCCCC/C=C\C/C=C\C/C=C\C/C=C\CCCCC)OC(=O)CCCCCCC/C=C\CCCC. The van der Waals surface area contributed by atoms with E-state index in [1.54, 1.807) is 0 Å². The van der Waals surface area contributed by atoms with Crippen molar-refractivity contribution in [1.82, 2.24) is 0 Å². The van der Waals surface area contributed by atoms with E-state index in [-0.39, 0.29) is 19.3 Å². The van der Waals surface area contributed by atoms with Crippen LogP contribution in [0.1, 0.15) is 419 Å². The Morgan fingerprint density at radius 1 is 0.248 bits per heavy atom. The number of unbranched alkanes of at least 4 members (excludes halogenated alkanes) is 45. The van der Waals surface area contributed by atoms with Crippen LogP contribution in [0.15, 0.2) is 134 Å². The molecule has 0 fully saturated rings. The van der Waals surface area contributed by atoms with E-state index in [4.69, 9.17) is 32.3 Å². The number of aliphatic hydroxyl groups is 2. The number of aliphatic hydroxyl groups excluding tert-OH is 2. The summed E-state index contributed by atoms with van der Waals surface area (Å²) in [6.45, 7) is 2.55. The van der Waals surface area contributed by atoms with E-state index in [0.29, 0.717) is 19.3 Å². The number of hydrogen-bond acceptors (Lipinski definition) is 14. The minimum atomic E-state index is -4.93. The maximum Gasteiger partial charge on any atom is 0.472 e. The summed E-state index contributed by atoms with van der Waals surface area (Å²) in [5.41, 5.74) is 0. The highest BCUT2D eigenvalue weighted by atomic mass is 31.2. The topological polar surface area (TPSA) is 231 Å². The molecule has 676 valence electrons. The Bertz CT molecular complexity index is 2660. The van der Waals surface area contributed by atoms with E-state index in [1.807, 2.05) is 0 Å². The van der Waals surface area contributed by atoms with Gasteiger partial charge in [-0.05, 0) is 135 Å². The summed E-state index contributed by atoms with van der Waals surface area (Å²) in [4.78, 5) is 58.8. The minimum absolute atomic E-state index is 0.0959. The van der Waals surface area contributed by atoms with Crippen LogP contribution in [0.4, 0.5) is 0 Å². The number of phosphoric acid groups is 2. The van der Waals surface area contributed by atoms with E-state index in [2.05, 4.69) is 154 Å². The first-order valence-corrected chi connectivity index (χ1v) is 50.5. The third-order valence-electron chi connectivity index (χ3n) is 20.3. The number of rotatable bonds is 90. The molecule has 117 heavy (non-hydrogen) atoms. The zero-order valence-electron chi connectivity index (χ0n) is 74.6. The standard InChI is InChI=1S/C99H174O16P2/c1-4-7-10-13-16-19-22-24-26-28-30-32-34-36-38-40-42-44-46-48-50-52-54-56-58-60-62-64-66-68-71-73-76-79-82-85-97(102)109-88-94(100)89-111-116(105,106)112-90-95(101)91-113-117(107,108)114-93-96(115-99(104)87-84-81-78-75-70-21-18-15-12-9-6-3)92-110-98(103)86-83-80-77-74-72-69-67-65-63-61-59-57-55-53-51-49-47-45-43-41-39-37-35-33-31-29-27-25-23-20-17-14-11-8-5-2/h7,10,15-20,24-27,30-33,36-39,42,44,94-96,100-101H,4-6,8-9,11-14,21-23,28-29,34-35,40-41,43,45-93H2,1-3H3,(H,105,106)(H,107,108)/b10-7-,18-15-,19-16-,20-17-,26-24-,27-25-,32-30-,33-31-,38-36-,39-37-,44-42-. The van der Waals surface area contributed by atoms with Crippen LogP contribution in [-0.4, -0.2) is 95.9 Å². The van der Waals surface area contributed by atoms with Crippen molar-refractivity contribution in [3.63, 3.8) is 0 Å². The summed E-state index contributed by atoms with van der Waals surface area (Å²) in [5.74, 6) is -1.57. The molecule has 0 saturated heterocycles. The van der Waals surface area contributed by atoms with Crippen LogP contribution < -0.4 is 0 Å². The second-order valence-corrected chi connectivity index (χ2v) is 34.7. The van der Waals surface area contributed by atoms with Crippen molar-refractivity contribution < 1.29 is 75.8 Å². The van der Waals surface area contributed by atoms with E-state index in [1.165, 1.54) is 225 Å². The Hall–Kier alpha value is -4.31. The lowest BCUT2D eigenvalue weighted by molar-refractivity contribution is -0.161. The molecule has 0 aromatic carbocycles. The van der Waals surface area contributed by atoms with Gasteiger partial charge in [0.1, 0.15) is 25.4 Å². The lowest BCUT2D eigenvalue weighted by Gasteiger charge is -2.21. The van der Waals surface area contributed by atoms with Crippen molar-refractivity contribution in [3.8, 4) is 0 Å².